The van der Waals surface area contributed by atoms with Gasteiger partial charge in [-0.2, -0.15) is 0 Å². The number of allylic oxidation sites excluding steroid dienone is 2. The molecule has 208 valence electrons. The summed E-state index contributed by atoms with van der Waals surface area (Å²) in [6, 6.07) is 2.80. The number of phenols is 1. The fourth-order valence-corrected chi connectivity index (χ4v) is 7.72. The number of aromatic hydroxyl groups is 1. The molecule has 0 bridgehead atoms. The molecule has 11 nitrogen and oxygen atoms in total. The highest BCUT2D eigenvalue weighted by atomic mass is 35.5. The van der Waals surface area contributed by atoms with E-state index >= 15 is 0 Å². The Kier molecular flexibility index (Phi) is 6.38. The number of carbonyl (C=O) groups excluding carboxylic acids is 4. The van der Waals surface area contributed by atoms with Gasteiger partial charge in [0.1, 0.15) is 17.2 Å². The van der Waals surface area contributed by atoms with Gasteiger partial charge in [0, 0.05) is 37.2 Å². The molecule has 4 amide bonds. The van der Waals surface area contributed by atoms with Gasteiger partial charge in [-0.3, -0.25) is 33.8 Å². The molecule has 0 unspecified atom stereocenters. The van der Waals surface area contributed by atoms with Gasteiger partial charge in [0.2, 0.25) is 11.8 Å². The van der Waals surface area contributed by atoms with E-state index < -0.39 is 69.4 Å². The van der Waals surface area contributed by atoms with Gasteiger partial charge in [0.05, 0.1) is 32.5 Å². The molecule has 39 heavy (non-hydrogen) atoms. The topological polar surface area (TPSA) is 151 Å². The van der Waals surface area contributed by atoms with E-state index in [2.05, 4.69) is 0 Å². The van der Waals surface area contributed by atoms with Crippen LogP contribution < -0.4 is 9.47 Å². The standard InChI is InChI=1S/C26H26Cl2N2O9/c1-29-23(36)25(27)10-14-12(4-5-13-18(14)22(35)30(21(13)34)7-6-17(32)33)20(26(25,28)24(29)37)19-15(31)8-11(38-2)9-16(19)39-3/h4,8-9,13-14,18,20,31H,5-7,10H2,1-3H3,(H,32,33)/t13-,14+,18-,20+,25+,26-/m0/s1. The molecular weight excluding hydrogens is 555 g/mol. The van der Waals surface area contributed by atoms with E-state index in [4.69, 9.17) is 37.8 Å². The molecule has 3 fully saturated rings. The molecule has 1 aromatic carbocycles. The summed E-state index contributed by atoms with van der Waals surface area (Å²) in [4.78, 5) is 62.7. The number of methoxy groups -OCH3 is 2. The first-order valence-electron chi connectivity index (χ1n) is 12.3. The smallest absolute Gasteiger partial charge is 0.305 e. The first-order chi connectivity index (χ1) is 18.3. The second-order valence-electron chi connectivity index (χ2n) is 10.2. The number of imide groups is 2. The summed E-state index contributed by atoms with van der Waals surface area (Å²) in [5, 5.41) is 20.3. The Bertz CT molecular complexity index is 1360. The summed E-state index contributed by atoms with van der Waals surface area (Å²) >= 11 is 14.2. The molecule has 4 aliphatic rings. The van der Waals surface area contributed by atoms with Gasteiger partial charge in [-0.25, -0.2) is 0 Å². The van der Waals surface area contributed by atoms with Crippen LogP contribution in [-0.4, -0.2) is 87.2 Å². The maximum atomic E-state index is 13.6. The number of carboxylic acids is 1. The zero-order valence-corrected chi connectivity index (χ0v) is 22.8. The molecule has 2 saturated heterocycles. The number of phenolic OH excluding ortho intramolecular Hbond substituents is 1. The number of alkyl halides is 2. The molecule has 0 radical (unpaired) electrons. The number of carboxylic acid groups (broad SMARTS) is 1. The van der Waals surface area contributed by atoms with Crippen LogP contribution in [0.2, 0.25) is 0 Å². The van der Waals surface area contributed by atoms with Gasteiger partial charge in [-0.15, -0.1) is 23.2 Å². The van der Waals surface area contributed by atoms with Crippen molar-refractivity contribution in [3.63, 3.8) is 0 Å². The van der Waals surface area contributed by atoms with Crippen LogP contribution in [-0.2, 0) is 24.0 Å². The van der Waals surface area contributed by atoms with Crippen molar-refractivity contribution in [2.24, 2.45) is 17.8 Å². The molecule has 13 heteroatoms. The largest absolute Gasteiger partial charge is 0.507 e. The highest BCUT2D eigenvalue weighted by Crippen LogP contribution is 2.67. The normalized spacial score (nSPS) is 33.5. The molecule has 2 aliphatic heterocycles. The molecule has 6 atom stereocenters. The molecule has 2 N–H and O–H groups in total. The number of nitrogens with zero attached hydrogens (tertiary/aromatic N) is 2. The van der Waals surface area contributed by atoms with E-state index in [-0.39, 0.29) is 42.2 Å². The van der Waals surface area contributed by atoms with Crippen molar-refractivity contribution in [2.75, 3.05) is 27.8 Å². The number of benzene rings is 1. The Morgan fingerprint density at radius 1 is 1.08 bits per heavy atom. The SMILES string of the molecule is COc1cc(O)c([C@H]2C3=CC[C@@H]4C(=O)N(CCC(=O)O)C(=O)[C@@H]4[C@@H]3C[C@@]3(Cl)C(=O)N(C)C(=O)[C@@]23Cl)c(OC)c1. The molecule has 0 spiro atoms. The van der Waals surface area contributed by atoms with E-state index in [1.165, 1.54) is 33.4 Å². The second kappa shape index (κ2) is 9.12. The van der Waals surface area contributed by atoms with Crippen LogP contribution in [0.3, 0.4) is 0 Å². The number of likely N-dealkylation sites (tertiary alicyclic amines) is 2. The molecule has 0 aromatic heterocycles. The predicted molar refractivity (Wildman–Crippen MR) is 136 cm³/mol. The molecule has 1 aromatic rings. The minimum atomic E-state index is -2.09. The Balaban J connectivity index is 1.72. The van der Waals surface area contributed by atoms with Crippen molar-refractivity contribution < 1.29 is 43.7 Å². The lowest BCUT2D eigenvalue weighted by Gasteiger charge is -2.51. The molecule has 2 aliphatic carbocycles. The van der Waals surface area contributed by atoms with Crippen LogP contribution in [0.5, 0.6) is 17.2 Å². The van der Waals surface area contributed by atoms with E-state index in [1.54, 1.807) is 6.08 Å². The Morgan fingerprint density at radius 3 is 2.38 bits per heavy atom. The molecule has 1 saturated carbocycles. The maximum Gasteiger partial charge on any atom is 0.305 e. The van der Waals surface area contributed by atoms with Crippen LogP contribution in [0, 0.1) is 17.8 Å². The summed E-state index contributed by atoms with van der Waals surface area (Å²) in [5.41, 5.74) is 0.558. The van der Waals surface area contributed by atoms with Crippen molar-refractivity contribution in [3.8, 4) is 17.2 Å². The first kappa shape index (κ1) is 27.3. The number of carbonyl (C=O) groups is 5. The highest BCUT2D eigenvalue weighted by Gasteiger charge is 2.76. The number of amides is 4. The molecular formula is C26H26Cl2N2O9. The van der Waals surface area contributed by atoms with Crippen molar-refractivity contribution in [3.05, 3.63) is 29.3 Å². The summed E-state index contributed by atoms with van der Waals surface area (Å²) in [7, 11) is 4.01. The highest BCUT2D eigenvalue weighted by molar-refractivity contribution is 6.53. The molecule has 2 heterocycles. The summed E-state index contributed by atoms with van der Waals surface area (Å²) in [6.45, 7) is -0.288. The van der Waals surface area contributed by atoms with Crippen LogP contribution in [0.25, 0.3) is 0 Å². The number of hydrogen-bond acceptors (Lipinski definition) is 8. The van der Waals surface area contributed by atoms with Crippen molar-refractivity contribution >= 4 is 52.8 Å². The average molecular weight is 581 g/mol. The minimum absolute atomic E-state index is 0.0867. The van der Waals surface area contributed by atoms with Gasteiger partial charge in [0.25, 0.3) is 11.8 Å². The summed E-state index contributed by atoms with van der Waals surface area (Å²) < 4.78 is 10.8. The van der Waals surface area contributed by atoms with Crippen LogP contribution >= 0.6 is 23.2 Å². The fourth-order valence-electron chi connectivity index (χ4n) is 6.72. The Morgan fingerprint density at radius 2 is 1.77 bits per heavy atom. The van der Waals surface area contributed by atoms with Gasteiger partial charge < -0.3 is 19.7 Å². The van der Waals surface area contributed by atoms with Gasteiger partial charge in [-0.05, 0) is 18.8 Å². The second-order valence-corrected chi connectivity index (χ2v) is 11.5. The lowest BCUT2D eigenvalue weighted by molar-refractivity contribution is -0.143. The Labute approximate surface area is 233 Å². The molecule has 5 rings (SSSR count). The van der Waals surface area contributed by atoms with E-state index in [1.807, 2.05) is 0 Å². The minimum Gasteiger partial charge on any atom is -0.507 e. The fraction of sp³-hybridized carbons (Fsp3) is 0.500. The Hall–Kier alpha value is -3.31. The van der Waals surface area contributed by atoms with Crippen LogP contribution in [0.1, 0.15) is 30.7 Å². The number of ether oxygens (including phenoxy) is 2. The number of aliphatic carboxylic acids is 1. The monoisotopic (exact) mass is 580 g/mol. The number of halogens is 2. The van der Waals surface area contributed by atoms with Gasteiger partial charge >= 0.3 is 5.97 Å². The first-order valence-corrected chi connectivity index (χ1v) is 13.0. The van der Waals surface area contributed by atoms with E-state index in [9.17, 15) is 29.1 Å². The quantitative estimate of drug-likeness (QED) is 0.292. The van der Waals surface area contributed by atoms with Crippen molar-refractivity contribution in [1.82, 2.24) is 9.80 Å². The zero-order chi connectivity index (χ0) is 28.6. The maximum absolute atomic E-state index is 13.6. The van der Waals surface area contributed by atoms with Gasteiger partial charge in [0.15, 0.2) is 9.75 Å². The average Bonchev–Trinajstić information content (AvgIpc) is 3.22. The third-order valence-electron chi connectivity index (χ3n) is 8.49. The van der Waals surface area contributed by atoms with E-state index in [0.29, 0.717) is 5.57 Å². The van der Waals surface area contributed by atoms with Crippen molar-refractivity contribution in [2.45, 2.75) is 34.9 Å². The van der Waals surface area contributed by atoms with Crippen LogP contribution in [0.4, 0.5) is 0 Å². The van der Waals surface area contributed by atoms with Crippen LogP contribution in [0.15, 0.2) is 23.8 Å². The third kappa shape index (κ3) is 3.52. The lowest BCUT2D eigenvalue weighted by Crippen LogP contribution is -2.60. The van der Waals surface area contributed by atoms with E-state index in [0.717, 1.165) is 9.80 Å². The third-order valence-corrected chi connectivity index (χ3v) is 9.91. The zero-order valence-electron chi connectivity index (χ0n) is 21.3. The number of hydrogen-bond donors (Lipinski definition) is 2. The number of rotatable bonds is 6. The van der Waals surface area contributed by atoms with Gasteiger partial charge in [-0.1, -0.05) is 11.6 Å². The predicted octanol–water partition coefficient (Wildman–Crippen LogP) is 1.87. The summed E-state index contributed by atoms with van der Waals surface area (Å²) in [5.74, 6) is -7.48. The lowest BCUT2D eigenvalue weighted by atomic mass is 9.56. The number of fused-ring (bicyclic) bond motifs is 4. The van der Waals surface area contributed by atoms with Crippen molar-refractivity contribution in [1.29, 1.82) is 0 Å². The summed E-state index contributed by atoms with van der Waals surface area (Å²) in [6.07, 6.45) is 1.19.